The van der Waals surface area contributed by atoms with Crippen LogP contribution in [0.2, 0.25) is 0 Å². The molecule has 4 heteroatoms. The molecule has 76 valence electrons. The Hall–Kier alpha value is 0.500. The Bertz CT molecular complexity index is 48.2. The summed E-state index contributed by atoms with van der Waals surface area (Å²) >= 11 is 0. The van der Waals surface area contributed by atoms with Crippen LogP contribution in [-0.4, -0.2) is 26.4 Å². The van der Waals surface area contributed by atoms with Gasteiger partial charge in [0.1, 0.15) is 0 Å². The third-order valence-electron chi connectivity index (χ3n) is 1.65. The highest BCUT2D eigenvalue weighted by molar-refractivity contribution is 5.85. The first kappa shape index (κ1) is 15.0. The zero-order chi connectivity index (χ0) is 7.07. The number of ether oxygens (including phenoxy) is 2. The highest BCUT2D eigenvalue weighted by Crippen LogP contribution is 1.98. The van der Waals surface area contributed by atoms with E-state index >= 15 is 0 Å². The van der Waals surface area contributed by atoms with Crippen LogP contribution in [0.1, 0.15) is 25.7 Å². The SMILES string of the molecule is C1CCOC1.C1CCOC1.Cl.Cl. The summed E-state index contributed by atoms with van der Waals surface area (Å²) in [6.45, 7) is 4.00. The predicted octanol–water partition coefficient (Wildman–Crippen LogP) is 2.44. The molecule has 0 N–H and O–H groups in total. The highest BCUT2D eigenvalue weighted by atomic mass is 35.5. The minimum Gasteiger partial charge on any atom is -0.381 e. The van der Waals surface area contributed by atoms with Crippen molar-refractivity contribution in [2.75, 3.05) is 26.4 Å². The molecule has 12 heavy (non-hydrogen) atoms. The molecule has 0 aromatic carbocycles. The van der Waals surface area contributed by atoms with Crippen molar-refractivity contribution in [1.29, 1.82) is 0 Å². The monoisotopic (exact) mass is 216 g/mol. The molecule has 2 nitrogen and oxygen atoms in total. The second kappa shape index (κ2) is 11.5. The highest BCUT2D eigenvalue weighted by Gasteiger charge is 1.95. The van der Waals surface area contributed by atoms with Crippen molar-refractivity contribution < 1.29 is 9.47 Å². The molecule has 0 amide bonds. The van der Waals surface area contributed by atoms with Gasteiger partial charge in [0, 0.05) is 26.4 Å². The molecule has 2 fully saturated rings. The van der Waals surface area contributed by atoms with Gasteiger partial charge in [0.15, 0.2) is 0 Å². The van der Waals surface area contributed by atoms with E-state index in [0.29, 0.717) is 0 Å². The zero-order valence-electron chi connectivity index (χ0n) is 7.29. The maximum Gasteiger partial charge on any atom is 0.0466 e. The number of hydrogen-bond donors (Lipinski definition) is 0. The Morgan fingerprint density at radius 1 is 0.500 bits per heavy atom. The van der Waals surface area contributed by atoms with Gasteiger partial charge in [-0.05, 0) is 25.7 Å². The summed E-state index contributed by atoms with van der Waals surface area (Å²) in [7, 11) is 0. The lowest BCUT2D eigenvalue weighted by Gasteiger charge is -1.76. The fourth-order valence-electron chi connectivity index (χ4n) is 1.02. The standard InChI is InChI=1S/2C4H8O.2ClH/c2*1-2-4-5-3-1;;/h2*1-4H2;2*1H. The van der Waals surface area contributed by atoms with Crippen LogP contribution >= 0.6 is 24.8 Å². The summed E-state index contributed by atoms with van der Waals surface area (Å²) < 4.78 is 9.89. The maximum atomic E-state index is 4.94. The molecule has 0 atom stereocenters. The van der Waals surface area contributed by atoms with Gasteiger partial charge in [-0.1, -0.05) is 0 Å². The van der Waals surface area contributed by atoms with E-state index in [9.17, 15) is 0 Å². The maximum absolute atomic E-state index is 4.94. The first-order valence-electron chi connectivity index (χ1n) is 4.15. The van der Waals surface area contributed by atoms with E-state index in [2.05, 4.69) is 0 Å². The Morgan fingerprint density at radius 3 is 0.833 bits per heavy atom. The molecule has 2 aliphatic heterocycles. The van der Waals surface area contributed by atoms with Crippen molar-refractivity contribution >= 4 is 24.8 Å². The molecular weight excluding hydrogens is 199 g/mol. The van der Waals surface area contributed by atoms with Crippen molar-refractivity contribution in [2.24, 2.45) is 0 Å². The summed E-state index contributed by atoms with van der Waals surface area (Å²) in [6.07, 6.45) is 5.11. The molecule has 0 radical (unpaired) electrons. The van der Waals surface area contributed by atoms with Crippen LogP contribution in [-0.2, 0) is 9.47 Å². The van der Waals surface area contributed by atoms with Gasteiger partial charge < -0.3 is 9.47 Å². The van der Waals surface area contributed by atoms with Crippen LogP contribution in [0.25, 0.3) is 0 Å². The van der Waals surface area contributed by atoms with Gasteiger partial charge in [-0.2, -0.15) is 0 Å². The van der Waals surface area contributed by atoms with Crippen LogP contribution < -0.4 is 0 Å². The number of rotatable bonds is 0. The van der Waals surface area contributed by atoms with E-state index in [1.54, 1.807) is 0 Å². The van der Waals surface area contributed by atoms with Crippen LogP contribution in [0.4, 0.5) is 0 Å². The van der Waals surface area contributed by atoms with E-state index in [1.807, 2.05) is 0 Å². The van der Waals surface area contributed by atoms with Gasteiger partial charge in [-0.3, -0.25) is 0 Å². The van der Waals surface area contributed by atoms with Crippen LogP contribution in [0.15, 0.2) is 0 Å². The quantitative estimate of drug-likeness (QED) is 0.620. The van der Waals surface area contributed by atoms with Gasteiger partial charge in [-0.15, -0.1) is 24.8 Å². The number of halogens is 2. The first-order chi connectivity index (χ1) is 5.00. The molecule has 0 saturated carbocycles. The van der Waals surface area contributed by atoms with Crippen molar-refractivity contribution in [3.63, 3.8) is 0 Å². The average Bonchev–Trinajstić information content (AvgIpc) is 2.67. The Balaban J connectivity index is 0. The molecule has 2 saturated heterocycles. The van der Waals surface area contributed by atoms with Gasteiger partial charge in [0.2, 0.25) is 0 Å². The fourth-order valence-corrected chi connectivity index (χ4v) is 1.02. The molecule has 2 rings (SSSR count). The lowest BCUT2D eigenvalue weighted by molar-refractivity contribution is 0.198. The summed E-state index contributed by atoms with van der Waals surface area (Å²) in [5.41, 5.74) is 0. The average molecular weight is 217 g/mol. The smallest absolute Gasteiger partial charge is 0.0466 e. The van der Waals surface area contributed by atoms with Crippen molar-refractivity contribution in [1.82, 2.24) is 0 Å². The second-order valence-corrected chi connectivity index (χ2v) is 2.64. The van der Waals surface area contributed by atoms with E-state index in [-0.39, 0.29) is 24.8 Å². The van der Waals surface area contributed by atoms with Crippen LogP contribution in [0.5, 0.6) is 0 Å². The zero-order valence-corrected chi connectivity index (χ0v) is 8.92. The molecule has 0 bridgehead atoms. The van der Waals surface area contributed by atoms with E-state index in [4.69, 9.17) is 9.47 Å². The molecule has 0 aromatic heterocycles. The predicted molar refractivity (Wildman–Crippen MR) is 54.6 cm³/mol. The molecule has 0 spiro atoms. The van der Waals surface area contributed by atoms with Gasteiger partial charge in [0.25, 0.3) is 0 Å². The third kappa shape index (κ3) is 8.60. The summed E-state index contributed by atoms with van der Waals surface area (Å²) in [4.78, 5) is 0. The third-order valence-corrected chi connectivity index (χ3v) is 1.65. The Morgan fingerprint density at radius 2 is 0.750 bits per heavy atom. The van der Waals surface area contributed by atoms with Crippen molar-refractivity contribution in [2.45, 2.75) is 25.7 Å². The van der Waals surface area contributed by atoms with Gasteiger partial charge >= 0.3 is 0 Å². The lowest BCUT2D eigenvalue weighted by Crippen LogP contribution is -1.74. The molecule has 2 aliphatic rings. The Labute approximate surface area is 86.8 Å². The number of hydrogen-bond acceptors (Lipinski definition) is 2. The molecular formula is C8H18Cl2O2. The van der Waals surface area contributed by atoms with E-state index in [0.717, 1.165) is 26.4 Å². The summed E-state index contributed by atoms with van der Waals surface area (Å²) in [6, 6.07) is 0. The lowest BCUT2D eigenvalue weighted by atomic mass is 10.4. The topological polar surface area (TPSA) is 18.5 Å². The van der Waals surface area contributed by atoms with Crippen molar-refractivity contribution in [3.05, 3.63) is 0 Å². The van der Waals surface area contributed by atoms with Crippen LogP contribution in [0.3, 0.4) is 0 Å². The largest absolute Gasteiger partial charge is 0.381 e. The van der Waals surface area contributed by atoms with E-state index in [1.165, 1.54) is 25.7 Å². The fraction of sp³-hybridized carbons (Fsp3) is 1.00. The van der Waals surface area contributed by atoms with Gasteiger partial charge in [0.05, 0.1) is 0 Å². The molecule has 2 heterocycles. The minimum atomic E-state index is 0. The minimum absolute atomic E-state index is 0. The van der Waals surface area contributed by atoms with Gasteiger partial charge in [-0.25, -0.2) is 0 Å². The second-order valence-electron chi connectivity index (χ2n) is 2.64. The molecule has 0 aliphatic carbocycles. The molecule has 0 aromatic rings. The van der Waals surface area contributed by atoms with Crippen LogP contribution in [0, 0.1) is 0 Å². The van der Waals surface area contributed by atoms with Crippen molar-refractivity contribution in [3.8, 4) is 0 Å². The normalized spacial score (nSPS) is 20.0. The summed E-state index contributed by atoms with van der Waals surface area (Å²) in [5.74, 6) is 0. The Kier molecular flexibility index (Phi) is 14.4. The first-order valence-corrected chi connectivity index (χ1v) is 4.15. The van der Waals surface area contributed by atoms with E-state index < -0.39 is 0 Å². The summed E-state index contributed by atoms with van der Waals surface area (Å²) in [5, 5.41) is 0. The molecule has 0 unspecified atom stereocenters.